The average Bonchev–Trinajstić information content (AvgIpc) is 2.56. The molecule has 94 valence electrons. The van der Waals surface area contributed by atoms with E-state index in [0.29, 0.717) is 20.9 Å². The molecule has 0 aliphatic heterocycles. The number of benzene rings is 1. The maximum absolute atomic E-state index is 13.4. The van der Waals surface area contributed by atoms with Gasteiger partial charge >= 0.3 is 0 Å². The number of fused-ring (bicyclic) bond motifs is 2. The van der Waals surface area contributed by atoms with Gasteiger partial charge in [-0.15, -0.1) is 0 Å². The Labute approximate surface area is 115 Å². The van der Waals surface area contributed by atoms with Gasteiger partial charge in [-0.1, -0.05) is 29.6 Å². The van der Waals surface area contributed by atoms with Gasteiger partial charge in [0.2, 0.25) is 0 Å². The van der Waals surface area contributed by atoms with Gasteiger partial charge in [-0.25, -0.2) is 4.39 Å². The first-order chi connectivity index (χ1) is 8.66. The highest BCUT2D eigenvalue weighted by Crippen LogP contribution is 2.35. The first-order valence-electron chi connectivity index (χ1n) is 6.13. The van der Waals surface area contributed by atoms with E-state index >= 15 is 0 Å². The van der Waals surface area contributed by atoms with E-state index in [2.05, 4.69) is 4.98 Å². The molecule has 1 aliphatic carbocycles. The third kappa shape index (κ3) is 1.98. The molecular weight excluding hydrogens is 272 g/mol. The van der Waals surface area contributed by atoms with Gasteiger partial charge in [0.1, 0.15) is 5.82 Å². The highest BCUT2D eigenvalue weighted by Gasteiger charge is 2.17. The smallest absolute Gasteiger partial charge is 0.125 e. The summed E-state index contributed by atoms with van der Waals surface area (Å²) < 4.78 is 13.4. The Morgan fingerprint density at radius 3 is 2.67 bits per heavy atom. The Bertz CT molecular complexity index is 625. The van der Waals surface area contributed by atoms with Crippen LogP contribution in [0.5, 0.6) is 0 Å². The average molecular weight is 284 g/mol. The summed E-state index contributed by atoms with van der Waals surface area (Å²) in [6.07, 6.45) is 5.28. The fourth-order valence-corrected chi connectivity index (χ4v) is 3.17. The summed E-state index contributed by atoms with van der Waals surface area (Å²) in [5.74, 6) is -0.371. The van der Waals surface area contributed by atoms with Gasteiger partial charge in [0.05, 0.1) is 15.6 Å². The number of aryl methyl sites for hydroxylation is 1. The first kappa shape index (κ1) is 12.2. The van der Waals surface area contributed by atoms with Crippen LogP contribution >= 0.6 is 23.2 Å². The predicted molar refractivity (Wildman–Crippen MR) is 73.0 cm³/mol. The number of hydrogen-bond acceptors (Lipinski definition) is 1. The Hall–Kier alpha value is -0.860. The van der Waals surface area contributed by atoms with Gasteiger partial charge in [-0.05, 0) is 43.4 Å². The third-order valence-corrected chi connectivity index (χ3v) is 4.18. The van der Waals surface area contributed by atoms with Gasteiger partial charge < -0.3 is 0 Å². The fourth-order valence-electron chi connectivity index (χ4n) is 2.57. The Balaban J connectivity index is 2.34. The van der Waals surface area contributed by atoms with E-state index in [1.54, 1.807) is 0 Å². The zero-order chi connectivity index (χ0) is 12.7. The maximum Gasteiger partial charge on any atom is 0.125 e. The van der Waals surface area contributed by atoms with Crippen LogP contribution in [0.3, 0.4) is 0 Å². The molecule has 0 saturated heterocycles. The number of rotatable bonds is 0. The quantitative estimate of drug-likeness (QED) is 0.624. The maximum atomic E-state index is 13.4. The fraction of sp³-hybridized carbons (Fsp3) is 0.357. The summed E-state index contributed by atoms with van der Waals surface area (Å²) >= 11 is 12.5. The number of pyridine rings is 1. The highest BCUT2D eigenvalue weighted by atomic mass is 35.5. The van der Waals surface area contributed by atoms with Crippen LogP contribution in [-0.4, -0.2) is 4.98 Å². The van der Waals surface area contributed by atoms with E-state index in [-0.39, 0.29) is 5.82 Å². The van der Waals surface area contributed by atoms with Crippen LogP contribution in [-0.2, 0) is 12.8 Å². The minimum atomic E-state index is -0.371. The molecule has 1 heterocycles. The summed E-state index contributed by atoms with van der Waals surface area (Å²) in [7, 11) is 0. The molecule has 0 unspecified atom stereocenters. The summed E-state index contributed by atoms with van der Waals surface area (Å²) in [5, 5.41) is 1.58. The van der Waals surface area contributed by atoms with Crippen LogP contribution in [0.15, 0.2) is 12.1 Å². The van der Waals surface area contributed by atoms with Crippen molar-refractivity contribution in [3.8, 4) is 0 Å². The lowest BCUT2D eigenvalue weighted by Gasteiger charge is -2.11. The molecule has 0 spiro atoms. The molecule has 0 bridgehead atoms. The SMILES string of the molecule is Fc1cc(Cl)c2nc3c(c(Cl)c2c1)CCCCC3. The molecule has 18 heavy (non-hydrogen) atoms. The lowest BCUT2D eigenvalue weighted by atomic mass is 10.0. The molecule has 1 aromatic carbocycles. The molecule has 0 atom stereocenters. The molecule has 1 aliphatic rings. The van der Waals surface area contributed by atoms with Crippen molar-refractivity contribution in [3.05, 3.63) is 39.3 Å². The van der Waals surface area contributed by atoms with Crippen molar-refractivity contribution in [1.29, 1.82) is 0 Å². The van der Waals surface area contributed by atoms with Crippen LogP contribution in [0.4, 0.5) is 4.39 Å². The second kappa shape index (κ2) is 4.67. The molecule has 0 fully saturated rings. The largest absolute Gasteiger partial charge is 0.251 e. The van der Waals surface area contributed by atoms with Crippen molar-refractivity contribution in [2.45, 2.75) is 32.1 Å². The lowest BCUT2D eigenvalue weighted by Crippen LogP contribution is -1.99. The minimum Gasteiger partial charge on any atom is -0.251 e. The summed E-state index contributed by atoms with van der Waals surface area (Å²) in [4.78, 5) is 4.59. The first-order valence-corrected chi connectivity index (χ1v) is 6.88. The molecule has 2 aromatic rings. The van der Waals surface area contributed by atoms with Crippen molar-refractivity contribution in [2.75, 3.05) is 0 Å². The second-order valence-electron chi connectivity index (χ2n) is 4.70. The van der Waals surface area contributed by atoms with Crippen LogP contribution in [0.25, 0.3) is 10.9 Å². The molecule has 0 amide bonds. The van der Waals surface area contributed by atoms with Crippen LogP contribution < -0.4 is 0 Å². The Kier molecular flexibility index (Phi) is 3.16. The third-order valence-electron chi connectivity index (χ3n) is 3.47. The number of nitrogens with zero attached hydrogens (tertiary/aromatic N) is 1. The zero-order valence-corrected chi connectivity index (χ0v) is 11.3. The minimum absolute atomic E-state index is 0.332. The molecule has 3 rings (SSSR count). The monoisotopic (exact) mass is 283 g/mol. The molecule has 0 N–H and O–H groups in total. The van der Waals surface area contributed by atoms with Gasteiger partial charge in [-0.3, -0.25) is 4.98 Å². The predicted octanol–water partition coefficient (Wildman–Crippen LogP) is 4.95. The summed E-state index contributed by atoms with van der Waals surface area (Å²) in [6.45, 7) is 0. The van der Waals surface area contributed by atoms with Crippen molar-refractivity contribution in [2.24, 2.45) is 0 Å². The standard InChI is InChI=1S/C14H12Cl2FN/c15-11-7-8(17)6-10-13(16)9-4-2-1-3-5-12(9)18-14(10)11/h6-7H,1-5H2. The van der Waals surface area contributed by atoms with Gasteiger partial charge in [0.25, 0.3) is 0 Å². The normalized spacial score (nSPS) is 15.5. The number of aromatic nitrogens is 1. The lowest BCUT2D eigenvalue weighted by molar-refractivity contribution is 0.629. The second-order valence-corrected chi connectivity index (χ2v) is 5.48. The van der Waals surface area contributed by atoms with E-state index in [4.69, 9.17) is 23.2 Å². The van der Waals surface area contributed by atoms with E-state index in [1.165, 1.54) is 18.6 Å². The molecule has 0 radical (unpaired) electrons. The Morgan fingerprint density at radius 1 is 1.06 bits per heavy atom. The molecule has 0 saturated carbocycles. The molecular formula is C14H12Cl2FN. The van der Waals surface area contributed by atoms with Crippen molar-refractivity contribution < 1.29 is 4.39 Å². The van der Waals surface area contributed by atoms with E-state index in [0.717, 1.165) is 36.9 Å². The van der Waals surface area contributed by atoms with E-state index in [1.807, 2.05) is 0 Å². The summed E-state index contributed by atoms with van der Waals surface area (Å²) in [6, 6.07) is 2.71. The van der Waals surface area contributed by atoms with Crippen molar-refractivity contribution >= 4 is 34.1 Å². The van der Waals surface area contributed by atoms with Gasteiger partial charge in [0, 0.05) is 11.1 Å². The van der Waals surface area contributed by atoms with E-state index in [9.17, 15) is 4.39 Å². The molecule has 1 nitrogen and oxygen atoms in total. The number of halogens is 3. The van der Waals surface area contributed by atoms with E-state index < -0.39 is 0 Å². The van der Waals surface area contributed by atoms with Gasteiger partial charge in [-0.2, -0.15) is 0 Å². The Morgan fingerprint density at radius 2 is 1.83 bits per heavy atom. The molecule has 4 heteroatoms. The van der Waals surface area contributed by atoms with Crippen molar-refractivity contribution in [1.82, 2.24) is 4.98 Å². The van der Waals surface area contributed by atoms with Crippen molar-refractivity contribution in [3.63, 3.8) is 0 Å². The molecule has 1 aromatic heterocycles. The van der Waals surface area contributed by atoms with Crippen LogP contribution in [0.2, 0.25) is 10.0 Å². The van der Waals surface area contributed by atoms with Crippen LogP contribution in [0.1, 0.15) is 30.5 Å². The van der Waals surface area contributed by atoms with Crippen LogP contribution in [0, 0.1) is 5.82 Å². The topological polar surface area (TPSA) is 12.9 Å². The summed E-state index contributed by atoms with van der Waals surface area (Å²) in [5.41, 5.74) is 2.71. The highest BCUT2D eigenvalue weighted by molar-refractivity contribution is 6.39. The number of hydrogen-bond donors (Lipinski definition) is 0. The zero-order valence-electron chi connectivity index (χ0n) is 9.77. The van der Waals surface area contributed by atoms with Gasteiger partial charge in [0.15, 0.2) is 0 Å².